The van der Waals surface area contributed by atoms with Gasteiger partial charge in [-0.2, -0.15) is 0 Å². The number of rotatable bonds is 7. The summed E-state index contributed by atoms with van der Waals surface area (Å²) in [6.45, 7) is 5.61. The number of ether oxygens (including phenoxy) is 2. The van der Waals surface area contributed by atoms with E-state index in [0.717, 1.165) is 38.4 Å². The van der Waals surface area contributed by atoms with Gasteiger partial charge in [-0.05, 0) is 25.7 Å². The normalized spacial score (nSPS) is 18.7. The minimum atomic E-state index is 0.391. The molecule has 0 aromatic carbocycles. The second kappa shape index (κ2) is 7.62. The summed E-state index contributed by atoms with van der Waals surface area (Å²) in [5, 5.41) is 3.72. The molecule has 0 spiro atoms. The summed E-state index contributed by atoms with van der Waals surface area (Å²) in [4.78, 5) is 8.50. The Morgan fingerprint density at radius 3 is 3.16 bits per heavy atom. The predicted molar refractivity (Wildman–Crippen MR) is 74.4 cm³/mol. The lowest BCUT2D eigenvalue weighted by atomic mass is 10.1. The van der Waals surface area contributed by atoms with E-state index < -0.39 is 0 Å². The number of halogens is 1. The zero-order valence-electron chi connectivity index (χ0n) is 11.2. The third-order valence-corrected chi connectivity index (χ3v) is 3.25. The summed E-state index contributed by atoms with van der Waals surface area (Å²) in [5.74, 6) is 2.03. The van der Waals surface area contributed by atoms with E-state index in [1.165, 1.54) is 0 Å². The number of nitrogens with one attached hydrogen (secondary N) is 1. The van der Waals surface area contributed by atoms with Crippen molar-refractivity contribution < 1.29 is 9.47 Å². The van der Waals surface area contributed by atoms with Crippen LogP contribution in [0, 0.1) is 5.92 Å². The minimum Gasteiger partial charge on any atom is -0.381 e. The maximum atomic E-state index is 5.97. The molecule has 1 aromatic heterocycles. The first-order valence-corrected chi connectivity index (χ1v) is 7.08. The van der Waals surface area contributed by atoms with Crippen LogP contribution in [0.4, 0.5) is 5.82 Å². The van der Waals surface area contributed by atoms with Crippen molar-refractivity contribution in [3.05, 3.63) is 17.0 Å². The van der Waals surface area contributed by atoms with E-state index in [9.17, 15) is 0 Å². The van der Waals surface area contributed by atoms with Gasteiger partial charge in [0.15, 0.2) is 5.82 Å². The van der Waals surface area contributed by atoms with Crippen molar-refractivity contribution in [3.8, 4) is 0 Å². The molecular weight excluding hydrogens is 266 g/mol. The van der Waals surface area contributed by atoms with Crippen LogP contribution in [0.1, 0.15) is 25.6 Å². The zero-order chi connectivity index (χ0) is 13.5. The van der Waals surface area contributed by atoms with Crippen molar-refractivity contribution in [3.63, 3.8) is 0 Å². The van der Waals surface area contributed by atoms with Crippen molar-refractivity contribution in [2.75, 3.05) is 31.7 Å². The first-order valence-electron chi connectivity index (χ1n) is 6.70. The third kappa shape index (κ3) is 4.93. The molecule has 0 aliphatic carbocycles. The number of anilines is 1. The van der Waals surface area contributed by atoms with Gasteiger partial charge >= 0.3 is 0 Å². The fourth-order valence-corrected chi connectivity index (χ4v) is 2.23. The molecule has 1 unspecified atom stereocenters. The maximum Gasteiger partial charge on any atom is 0.158 e. The largest absolute Gasteiger partial charge is 0.381 e. The molecule has 106 valence electrons. The van der Waals surface area contributed by atoms with E-state index in [4.69, 9.17) is 21.1 Å². The molecule has 0 amide bonds. The molecule has 1 aromatic rings. The highest BCUT2D eigenvalue weighted by molar-refractivity contribution is 6.29. The van der Waals surface area contributed by atoms with Gasteiger partial charge in [-0.1, -0.05) is 11.6 Å². The first-order chi connectivity index (χ1) is 9.28. The number of aromatic nitrogens is 2. The van der Waals surface area contributed by atoms with Gasteiger partial charge in [0.1, 0.15) is 17.6 Å². The number of hydrogen-bond donors (Lipinski definition) is 1. The Morgan fingerprint density at radius 2 is 2.42 bits per heavy atom. The van der Waals surface area contributed by atoms with Crippen LogP contribution in [-0.2, 0) is 16.1 Å². The second-order valence-electron chi connectivity index (χ2n) is 4.57. The fraction of sp³-hybridized carbons (Fsp3) is 0.692. The van der Waals surface area contributed by atoms with E-state index in [-0.39, 0.29) is 0 Å². The summed E-state index contributed by atoms with van der Waals surface area (Å²) >= 11 is 5.97. The van der Waals surface area contributed by atoms with E-state index in [1.807, 2.05) is 6.92 Å². The van der Waals surface area contributed by atoms with Crippen LogP contribution in [-0.4, -0.2) is 36.3 Å². The van der Waals surface area contributed by atoms with Crippen LogP contribution in [0.2, 0.25) is 5.15 Å². The lowest BCUT2D eigenvalue weighted by Crippen LogP contribution is -2.11. The topological polar surface area (TPSA) is 56.3 Å². The Hall–Kier alpha value is -0.910. The van der Waals surface area contributed by atoms with Crippen LogP contribution in [0.25, 0.3) is 0 Å². The molecule has 19 heavy (non-hydrogen) atoms. The average Bonchev–Trinajstić information content (AvgIpc) is 2.89. The predicted octanol–water partition coefficient (Wildman–Crippen LogP) is 2.51. The molecule has 1 N–H and O–H groups in total. The molecular formula is C13H20ClN3O2. The van der Waals surface area contributed by atoms with Crippen LogP contribution in [0.15, 0.2) is 6.07 Å². The van der Waals surface area contributed by atoms with Crippen LogP contribution >= 0.6 is 11.6 Å². The van der Waals surface area contributed by atoms with Gasteiger partial charge in [0, 0.05) is 32.4 Å². The molecule has 5 nitrogen and oxygen atoms in total. The summed E-state index contributed by atoms with van der Waals surface area (Å²) in [7, 11) is 0. The molecule has 2 rings (SSSR count). The lowest BCUT2D eigenvalue weighted by molar-refractivity contribution is 0.128. The summed E-state index contributed by atoms with van der Waals surface area (Å²) in [5.41, 5.74) is 0. The molecule has 1 saturated heterocycles. The van der Waals surface area contributed by atoms with Gasteiger partial charge in [-0.25, -0.2) is 9.97 Å². The Bertz CT molecular complexity index is 397. The Kier molecular flexibility index (Phi) is 5.82. The molecule has 1 atom stereocenters. The van der Waals surface area contributed by atoms with Crippen molar-refractivity contribution in [1.29, 1.82) is 0 Å². The summed E-state index contributed by atoms with van der Waals surface area (Å²) < 4.78 is 10.6. The quantitative estimate of drug-likeness (QED) is 0.780. The van der Waals surface area contributed by atoms with Gasteiger partial charge in [0.05, 0.1) is 0 Å². The molecule has 1 aliphatic rings. The second-order valence-corrected chi connectivity index (χ2v) is 4.96. The lowest BCUT2D eigenvalue weighted by Gasteiger charge is -2.10. The van der Waals surface area contributed by atoms with Gasteiger partial charge in [-0.3, -0.25) is 0 Å². The van der Waals surface area contributed by atoms with Gasteiger partial charge in [-0.15, -0.1) is 0 Å². The van der Waals surface area contributed by atoms with E-state index in [1.54, 1.807) is 6.07 Å². The monoisotopic (exact) mass is 285 g/mol. The first kappa shape index (κ1) is 14.5. The maximum absolute atomic E-state index is 5.97. The zero-order valence-corrected chi connectivity index (χ0v) is 11.9. The van der Waals surface area contributed by atoms with Crippen LogP contribution in [0.3, 0.4) is 0 Å². The fourth-order valence-electron chi connectivity index (χ4n) is 2.03. The Morgan fingerprint density at radius 1 is 1.53 bits per heavy atom. The van der Waals surface area contributed by atoms with Crippen molar-refractivity contribution >= 4 is 17.4 Å². The smallest absolute Gasteiger partial charge is 0.158 e. The van der Waals surface area contributed by atoms with Crippen LogP contribution < -0.4 is 5.32 Å². The highest BCUT2D eigenvalue weighted by Gasteiger charge is 2.14. The highest BCUT2D eigenvalue weighted by atomic mass is 35.5. The summed E-state index contributed by atoms with van der Waals surface area (Å²) in [6, 6.07) is 1.74. The van der Waals surface area contributed by atoms with Crippen LogP contribution in [0.5, 0.6) is 0 Å². The average molecular weight is 286 g/mol. The van der Waals surface area contributed by atoms with Gasteiger partial charge in [0.25, 0.3) is 0 Å². The standard InChI is InChI=1S/C13H20ClN3O2/c1-2-18-9-13-16-11(14)7-12(17-13)15-5-3-10-4-6-19-8-10/h7,10H,2-6,8-9H2,1H3,(H,15,16,17). The van der Waals surface area contributed by atoms with Crippen molar-refractivity contribution in [1.82, 2.24) is 9.97 Å². The van der Waals surface area contributed by atoms with Gasteiger partial charge < -0.3 is 14.8 Å². The van der Waals surface area contributed by atoms with Crippen molar-refractivity contribution in [2.45, 2.75) is 26.4 Å². The SMILES string of the molecule is CCOCc1nc(Cl)cc(NCCC2CCOC2)n1. The molecule has 0 radical (unpaired) electrons. The van der Waals surface area contributed by atoms with E-state index >= 15 is 0 Å². The van der Waals surface area contributed by atoms with E-state index in [2.05, 4.69) is 15.3 Å². The molecule has 1 fully saturated rings. The Balaban J connectivity index is 1.82. The van der Waals surface area contributed by atoms with Crippen molar-refractivity contribution in [2.24, 2.45) is 5.92 Å². The van der Waals surface area contributed by atoms with E-state index in [0.29, 0.717) is 30.1 Å². The van der Waals surface area contributed by atoms with Gasteiger partial charge in [0.2, 0.25) is 0 Å². The Labute approximate surface area is 118 Å². The molecule has 0 bridgehead atoms. The molecule has 0 saturated carbocycles. The number of hydrogen-bond acceptors (Lipinski definition) is 5. The number of nitrogens with zero attached hydrogens (tertiary/aromatic N) is 2. The third-order valence-electron chi connectivity index (χ3n) is 3.06. The molecule has 2 heterocycles. The minimum absolute atomic E-state index is 0.391. The highest BCUT2D eigenvalue weighted by Crippen LogP contribution is 2.17. The molecule has 1 aliphatic heterocycles. The summed E-state index contributed by atoms with van der Waals surface area (Å²) in [6.07, 6.45) is 2.24. The molecule has 6 heteroatoms.